The maximum Gasteiger partial charge on any atom is 0.161 e. The molecule has 2 aromatic carbocycles. The van der Waals surface area contributed by atoms with Gasteiger partial charge in [-0.05, 0) is 58.3 Å². The Bertz CT molecular complexity index is 613. The fourth-order valence-electron chi connectivity index (χ4n) is 2.06. The number of benzene rings is 2. The van der Waals surface area contributed by atoms with Gasteiger partial charge in [-0.3, -0.25) is 0 Å². The first kappa shape index (κ1) is 15.6. The van der Waals surface area contributed by atoms with E-state index < -0.39 is 0 Å². The summed E-state index contributed by atoms with van der Waals surface area (Å²) in [6, 6.07) is 12.4. The van der Waals surface area contributed by atoms with Gasteiger partial charge in [-0.25, -0.2) is 0 Å². The molecule has 0 spiro atoms. The monoisotopic (exact) mass is 446 g/mol. The quantitative estimate of drug-likeness (QED) is 0.480. The van der Waals surface area contributed by atoms with Crippen molar-refractivity contribution in [3.8, 4) is 11.5 Å². The Morgan fingerprint density at radius 1 is 1.05 bits per heavy atom. The molecule has 0 aliphatic heterocycles. The first-order valence-corrected chi connectivity index (χ1v) is 8.19. The van der Waals surface area contributed by atoms with E-state index in [0.717, 1.165) is 17.1 Å². The third-order valence-corrected chi connectivity index (χ3v) is 5.69. The van der Waals surface area contributed by atoms with Gasteiger partial charge in [-0.15, -0.1) is 0 Å². The van der Waals surface area contributed by atoms with Gasteiger partial charge >= 0.3 is 0 Å². The molecule has 1 atom stereocenters. The van der Waals surface area contributed by atoms with E-state index in [0.29, 0.717) is 0 Å². The molecular formula is C16H16BrIO2. The molecule has 0 N–H and O–H groups in total. The first-order chi connectivity index (χ1) is 9.58. The van der Waals surface area contributed by atoms with Gasteiger partial charge in [0.25, 0.3) is 0 Å². The highest BCUT2D eigenvalue weighted by molar-refractivity contribution is 14.1. The van der Waals surface area contributed by atoms with E-state index in [1.807, 2.05) is 12.1 Å². The Morgan fingerprint density at radius 2 is 1.75 bits per heavy atom. The predicted octanol–water partition coefficient (Wildman–Crippen LogP) is 5.10. The first-order valence-electron chi connectivity index (χ1n) is 6.19. The van der Waals surface area contributed by atoms with Gasteiger partial charge in [0.15, 0.2) is 11.5 Å². The van der Waals surface area contributed by atoms with Crippen LogP contribution in [0.4, 0.5) is 0 Å². The van der Waals surface area contributed by atoms with Crippen LogP contribution in [0.2, 0.25) is 0 Å². The molecule has 0 saturated heterocycles. The van der Waals surface area contributed by atoms with Crippen LogP contribution in [0.1, 0.15) is 21.5 Å². The molecule has 0 fully saturated rings. The minimum atomic E-state index is 0.133. The summed E-state index contributed by atoms with van der Waals surface area (Å²) in [4.78, 5) is 0.133. The fourth-order valence-corrected chi connectivity index (χ4v) is 3.82. The van der Waals surface area contributed by atoms with Crippen molar-refractivity contribution < 1.29 is 9.47 Å². The normalized spacial score (nSPS) is 12.1. The fraction of sp³-hybridized carbons (Fsp3) is 0.250. The van der Waals surface area contributed by atoms with E-state index in [4.69, 9.17) is 9.47 Å². The third-order valence-electron chi connectivity index (χ3n) is 3.19. The van der Waals surface area contributed by atoms with Gasteiger partial charge in [0, 0.05) is 3.57 Å². The second kappa shape index (κ2) is 6.80. The lowest BCUT2D eigenvalue weighted by Gasteiger charge is -2.16. The molecule has 2 nitrogen and oxygen atoms in total. The van der Waals surface area contributed by atoms with Crippen molar-refractivity contribution in [3.63, 3.8) is 0 Å². The van der Waals surface area contributed by atoms with Gasteiger partial charge in [-0.1, -0.05) is 40.2 Å². The van der Waals surface area contributed by atoms with Gasteiger partial charge in [-0.2, -0.15) is 0 Å². The molecule has 106 valence electrons. The van der Waals surface area contributed by atoms with Gasteiger partial charge in [0.1, 0.15) is 0 Å². The molecule has 0 heterocycles. The van der Waals surface area contributed by atoms with Crippen LogP contribution < -0.4 is 9.47 Å². The van der Waals surface area contributed by atoms with Crippen LogP contribution in [-0.4, -0.2) is 14.2 Å². The summed E-state index contributed by atoms with van der Waals surface area (Å²) < 4.78 is 11.9. The number of methoxy groups -OCH3 is 2. The lowest BCUT2D eigenvalue weighted by Crippen LogP contribution is -1.99. The number of ether oxygens (including phenoxy) is 2. The van der Waals surface area contributed by atoms with E-state index in [1.165, 1.54) is 14.7 Å². The molecule has 0 radical (unpaired) electrons. The lowest BCUT2D eigenvalue weighted by atomic mass is 10.0. The summed E-state index contributed by atoms with van der Waals surface area (Å²) in [7, 11) is 3.30. The Labute approximate surface area is 141 Å². The van der Waals surface area contributed by atoms with Crippen LogP contribution >= 0.6 is 38.5 Å². The molecule has 2 aromatic rings. The van der Waals surface area contributed by atoms with E-state index >= 15 is 0 Å². The Kier molecular flexibility index (Phi) is 5.32. The zero-order valence-corrected chi connectivity index (χ0v) is 15.4. The second-order valence-electron chi connectivity index (χ2n) is 4.46. The highest BCUT2D eigenvalue weighted by atomic mass is 127. The van der Waals surface area contributed by atoms with Crippen molar-refractivity contribution in [1.29, 1.82) is 0 Å². The van der Waals surface area contributed by atoms with Gasteiger partial charge in [0.2, 0.25) is 0 Å². The zero-order chi connectivity index (χ0) is 14.7. The van der Waals surface area contributed by atoms with Crippen LogP contribution in [0.3, 0.4) is 0 Å². The average molecular weight is 447 g/mol. The molecule has 0 saturated carbocycles. The standard InChI is InChI=1S/C16H16BrIO2/c1-10-5-4-6-12(16(10)18)15(17)11-7-8-13(19-2)14(9-11)20-3/h4-9,15H,1-3H3. The zero-order valence-electron chi connectivity index (χ0n) is 11.6. The summed E-state index contributed by atoms with van der Waals surface area (Å²) in [6.07, 6.45) is 0. The smallest absolute Gasteiger partial charge is 0.161 e. The summed E-state index contributed by atoms with van der Waals surface area (Å²) in [6.45, 7) is 2.12. The van der Waals surface area contributed by atoms with Crippen molar-refractivity contribution in [2.24, 2.45) is 0 Å². The largest absolute Gasteiger partial charge is 0.493 e. The number of halogens is 2. The maximum absolute atomic E-state index is 5.37. The molecule has 0 aromatic heterocycles. The minimum absolute atomic E-state index is 0.133. The molecular weight excluding hydrogens is 431 g/mol. The van der Waals surface area contributed by atoms with Crippen LogP contribution in [0.25, 0.3) is 0 Å². The lowest BCUT2D eigenvalue weighted by molar-refractivity contribution is 0.354. The van der Waals surface area contributed by atoms with Crippen LogP contribution in [0.15, 0.2) is 36.4 Å². The second-order valence-corrected chi connectivity index (χ2v) is 6.45. The third kappa shape index (κ3) is 3.11. The minimum Gasteiger partial charge on any atom is -0.493 e. The van der Waals surface area contributed by atoms with E-state index in [9.17, 15) is 0 Å². The number of rotatable bonds is 4. The number of hydrogen-bond acceptors (Lipinski definition) is 2. The van der Waals surface area contributed by atoms with Crippen molar-refractivity contribution in [1.82, 2.24) is 0 Å². The summed E-state index contributed by atoms with van der Waals surface area (Å²) in [5.74, 6) is 1.49. The van der Waals surface area contributed by atoms with Crippen molar-refractivity contribution in [2.45, 2.75) is 11.8 Å². The van der Waals surface area contributed by atoms with Crippen molar-refractivity contribution >= 4 is 38.5 Å². The summed E-state index contributed by atoms with van der Waals surface area (Å²) in [5.41, 5.74) is 3.69. The molecule has 0 bridgehead atoms. The predicted molar refractivity (Wildman–Crippen MR) is 94.2 cm³/mol. The molecule has 0 aliphatic carbocycles. The van der Waals surface area contributed by atoms with E-state index in [2.05, 4.69) is 69.7 Å². The van der Waals surface area contributed by atoms with Gasteiger partial charge < -0.3 is 9.47 Å². The molecule has 0 aliphatic rings. The molecule has 1 unspecified atom stereocenters. The Hall–Kier alpha value is -0.750. The molecule has 20 heavy (non-hydrogen) atoms. The highest BCUT2D eigenvalue weighted by Gasteiger charge is 2.16. The van der Waals surface area contributed by atoms with Crippen LogP contribution in [0.5, 0.6) is 11.5 Å². The van der Waals surface area contributed by atoms with Gasteiger partial charge in [0.05, 0.1) is 19.0 Å². The SMILES string of the molecule is COc1ccc(C(Br)c2cccc(C)c2I)cc1OC. The van der Waals surface area contributed by atoms with Crippen molar-refractivity contribution in [2.75, 3.05) is 14.2 Å². The number of alkyl halides is 1. The molecule has 4 heteroatoms. The van der Waals surface area contributed by atoms with Crippen LogP contribution in [-0.2, 0) is 0 Å². The molecule has 0 amide bonds. The topological polar surface area (TPSA) is 18.5 Å². The Balaban J connectivity index is 2.43. The Morgan fingerprint density at radius 3 is 2.40 bits per heavy atom. The van der Waals surface area contributed by atoms with E-state index in [-0.39, 0.29) is 4.83 Å². The summed E-state index contributed by atoms with van der Waals surface area (Å²) in [5, 5.41) is 0. The van der Waals surface area contributed by atoms with Crippen LogP contribution in [0, 0.1) is 10.5 Å². The highest BCUT2D eigenvalue weighted by Crippen LogP contribution is 2.38. The van der Waals surface area contributed by atoms with Crippen molar-refractivity contribution in [3.05, 3.63) is 56.7 Å². The maximum atomic E-state index is 5.37. The van der Waals surface area contributed by atoms with E-state index in [1.54, 1.807) is 14.2 Å². The summed E-state index contributed by atoms with van der Waals surface area (Å²) >= 11 is 6.18. The number of hydrogen-bond donors (Lipinski definition) is 0. The number of aryl methyl sites for hydroxylation is 1. The average Bonchev–Trinajstić information content (AvgIpc) is 2.48. The molecule has 2 rings (SSSR count).